The summed E-state index contributed by atoms with van der Waals surface area (Å²) < 4.78 is 8.01. The Bertz CT molecular complexity index is 646. The van der Waals surface area contributed by atoms with Gasteiger partial charge in [0.2, 0.25) is 0 Å². The molecule has 19 heavy (non-hydrogen) atoms. The van der Waals surface area contributed by atoms with Crippen LogP contribution in [-0.4, -0.2) is 22.8 Å². The van der Waals surface area contributed by atoms with E-state index in [1.807, 2.05) is 29.7 Å². The molecule has 2 rings (SSSR count). The molecule has 0 saturated carbocycles. The van der Waals surface area contributed by atoms with Gasteiger partial charge in [-0.1, -0.05) is 15.9 Å². The Balaban J connectivity index is 2.65. The average molecular weight is 324 g/mol. The number of benzene rings is 1. The zero-order valence-corrected chi connectivity index (χ0v) is 12.5. The second-order valence-electron chi connectivity index (χ2n) is 4.27. The molecule has 0 amide bonds. The van der Waals surface area contributed by atoms with Gasteiger partial charge in [-0.05, 0) is 32.0 Å². The van der Waals surface area contributed by atoms with Gasteiger partial charge < -0.3 is 14.4 Å². The molecule has 100 valence electrons. The van der Waals surface area contributed by atoms with Crippen LogP contribution in [0.4, 0.5) is 0 Å². The Morgan fingerprint density at radius 2 is 1.95 bits per heavy atom. The maximum atomic E-state index is 11.2. The number of nitrogens with zero attached hydrogens (tertiary/aromatic N) is 1. The average Bonchev–Trinajstić information content (AvgIpc) is 2.64. The highest BCUT2D eigenvalue weighted by Crippen LogP contribution is 2.27. The summed E-state index contributed by atoms with van der Waals surface area (Å²) in [4.78, 5) is 11.2. The van der Waals surface area contributed by atoms with Crippen molar-refractivity contribution in [2.24, 2.45) is 0 Å². The summed E-state index contributed by atoms with van der Waals surface area (Å²) in [7, 11) is 1.60. The third-order valence-corrected chi connectivity index (χ3v) is 3.47. The SMILES string of the molecule is COc1cc(Br)cc(-n2c(C)cc(C(=O)O)c2C)c1. The fraction of sp³-hybridized carbons (Fsp3) is 0.214. The Morgan fingerprint density at radius 3 is 2.47 bits per heavy atom. The number of aromatic nitrogens is 1. The Morgan fingerprint density at radius 1 is 1.26 bits per heavy atom. The van der Waals surface area contributed by atoms with Crippen LogP contribution in [0.2, 0.25) is 0 Å². The summed E-state index contributed by atoms with van der Waals surface area (Å²) in [5.41, 5.74) is 2.75. The van der Waals surface area contributed by atoms with Gasteiger partial charge in [0.25, 0.3) is 0 Å². The number of hydrogen-bond acceptors (Lipinski definition) is 2. The molecule has 5 heteroatoms. The van der Waals surface area contributed by atoms with E-state index in [4.69, 9.17) is 9.84 Å². The third-order valence-electron chi connectivity index (χ3n) is 3.01. The van der Waals surface area contributed by atoms with Crippen molar-refractivity contribution in [2.75, 3.05) is 7.11 Å². The number of carboxylic acids is 1. The molecule has 0 bridgehead atoms. The lowest BCUT2D eigenvalue weighted by atomic mass is 10.2. The van der Waals surface area contributed by atoms with E-state index >= 15 is 0 Å². The van der Waals surface area contributed by atoms with Crippen LogP contribution >= 0.6 is 15.9 Å². The van der Waals surface area contributed by atoms with Crippen molar-refractivity contribution >= 4 is 21.9 Å². The highest BCUT2D eigenvalue weighted by molar-refractivity contribution is 9.10. The van der Waals surface area contributed by atoms with E-state index in [1.165, 1.54) is 0 Å². The van der Waals surface area contributed by atoms with Gasteiger partial charge in [-0.15, -0.1) is 0 Å². The molecule has 0 spiro atoms. The summed E-state index contributed by atoms with van der Waals surface area (Å²) in [5.74, 6) is -0.199. The number of methoxy groups -OCH3 is 1. The first kappa shape index (κ1) is 13.7. The molecule has 0 saturated heterocycles. The molecule has 0 fully saturated rings. The topological polar surface area (TPSA) is 51.5 Å². The van der Waals surface area contributed by atoms with Crippen LogP contribution in [0.3, 0.4) is 0 Å². The Labute approximate surface area is 119 Å². The van der Waals surface area contributed by atoms with E-state index in [0.29, 0.717) is 17.0 Å². The minimum atomic E-state index is -0.915. The second-order valence-corrected chi connectivity index (χ2v) is 5.19. The van der Waals surface area contributed by atoms with Gasteiger partial charge in [0, 0.05) is 21.9 Å². The molecule has 1 N–H and O–H groups in total. The van der Waals surface area contributed by atoms with Crippen molar-refractivity contribution in [3.05, 3.63) is 45.7 Å². The summed E-state index contributed by atoms with van der Waals surface area (Å²) in [5, 5.41) is 9.16. The molecule has 0 aliphatic rings. The number of carboxylic acid groups (broad SMARTS) is 1. The van der Waals surface area contributed by atoms with Crippen molar-refractivity contribution in [3.63, 3.8) is 0 Å². The highest BCUT2D eigenvalue weighted by Gasteiger charge is 2.16. The van der Waals surface area contributed by atoms with Crippen LogP contribution in [0.25, 0.3) is 5.69 Å². The molecule has 2 aromatic rings. The smallest absolute Gasteiger partial charge is 0.337 e. The minimum absolute atomic E-state index is 0.316. The number of ether oxygens (including phenoxy) is 1. The van der Waals surface area contributed by atoms with Crippen LogP contribution < -0.4 is 4.74 Å². The summed E-state index contributed by atoms with van der Waals surface area (Å²) >= 11 is 3.43. The number of rotatable bonds is 3. The van der Waals surface area contributed by atoms with Crippen LogP contribution in [0.1, 0.15) is 21.7 Å². The molecule has 1 aromatic heterocycles. The zero-order valence-electron chi connectivity index (χ0n) is 10.9. The Kier molecular flexibility index (Phi) is 3.66. The maximum Gasteiger partial charge on any atom is 0.337 e. The normalized spacial score (nSPS) is 10.5. The molecular weight excluding hydrogens is 310 g/mol. The molecule has 4 nitrogen and oxygen atoms in total. The van der Waals surface area contributed by atoms with Crippen LogP contribution in [0.5, 0.6) is 5.75 Å². The first-order valence-corrected chi connectivity index (χ1v) is 6.50. The number of halogens is 1. The Hall–Kier alpha value is -1.75. The molecule has 0 radical (unpaired) electrons. The fourth-order valence-electron chi connectivity index (χ4n) is 2.17. The fourth-order valence-corrected chi connectivity index (χ4v) is 2.63. The van der Waals surface area contributed by atoms with Gasteiger partial charge in [0.15, 0.2) is 0 Å². The van der Waals surface area contributed by atoms with Crippen molar-refractivity contribution in [3.8, 4) is 11.4 Å². The van der Waals surface area contributed by atoms with Gasteiger partial charge in [0.05, 0.1) is 18.4 Å². The summed E-state index contributed by atoms with van der Waals surface area (Å²) in [6.45, 7) is 3.68. The second kappa shape index (κ2) is 5.09. The number of hydrogen-bond donors (Lipinski definition) is 1. The molecule has 0 unspecified atom stereocenters. The monoisotopic (exact) mass is 323 g/mol. The molecule has 1 aromatic carbocycles. The van der Waals surface area contributed by atoms with E-state index in [2.05, 4.69) is 15.9 Å². The quantitative estimate of drug-likeness (QED) is 0.939. The van der Waals surface area contributed by atoms with Gasteiger partial charge in [-0.2, -0.15) is 0 Å². The van der Waals surface area contributed by atoms with Crippen LogP contribution in [0.15, 0.2) is 28.7 Å². The van der Waals surface area contributed by atoms with Gasteiger partial charge in [0.1, 0.15) is 5.75 Å². The van der Waals surface area contributed by atoms with Crippen molar-refractivity contribution in [1.29, 1.82) is 0 Å². The predicted octanol–water partition coefficient (Wildman–Crippen LogP) is 3.56. The van der Waals surface area contributed by atoms with E-state index in [0.717, 1.165) is 15.9 Å². The number of aromatic carboxylic acids is 1. The zero-order chi connectivity index (χ0) is 14.2. The van der Waals surface area contributed by atoms with E-state index in [1.54, 1.807) is 20.1 Å². The minimum Gasteiger partial charge on any atom is -0.497 e. The largest absolute Gasteiger partial charge is 0.497 e. The van der Waals surface area contributed by atoms with Crippen LogP contribution in [0, 0.1) is 13.8 Å². The lowest BCUT2D eigenvalue weighted by Gasteiger charge is -2.12. The molecule has 0 aliphatic carbocycles. The summed E-state index contributed by atoms with van der Waals surface area (Å²) in [6, 6.07) is 7.32. The summed E-state index contributed by atoms with van der Waals surface area (Å²) in [6.07, 6.45) is 0. The lowest BCUT2D eigenvalue weighted by molar-refractivity contribution is 0.0696. The first-order valence-electron chi connectivity index (χ1n) is 5.71. The number of aryl methyl sites for hydroxylation is 1. The van der Waals surface area contributed by atoms with Crippen molar-refractivity contribution < 1.29 is 14.6 Å². The highest BCUT2D eigenvalue weighted by atomic mass is 79.9. The van der Waals surface area contributed by atoms with E-state index in [9.17, 15) is 4.79 Å². The van der Waals surface area contributed by atoms with Gasteiger partial charge >= 0.3 is 5.97 Å². The number of carbonyl (C=O) groups is 1. The molecule has 0 atom stereocenters. The predicted molar refractivity (Wildman–Crippen MR) is 76.5 cm³/mol. The molecular formula is C14H14BrNO3. The molecule has 0 aliphatic heterocycles. The van der Waals surface area contributed by atoms with Gasteiger partial charge in [-0.3, -0.25) is 0 Å². The molecule has 1 heterocycles. The van der Waals surface area contributed by atoms with Crippen LogP contribution in [-0.2, 0) is 0 Å². The van der Waals surface area contributed by atoms with E-state index in [-0.39, 0.29) is 0 Å². The van der Waals surface area contributed by atoms with Crippen molar-refractivity contribution in [2.45, 2.75) is 13.8 Å². The maximum absolute atomic E-state index is 11.2. The van der Waals surface area contributed by atoms with Gasteiger partial charge in [-0.25, -0.2) is 4.79 Å². The van der Waals surface area contributed by atoms with Crippen molar-refractivity contribution in [1.82, 2.24) is 4.57 Å². The third kappa shape index (κ3) is 2.51. The lowest BCUT2D eigenvalue weighted by Crippen LogP contribution is -2.02. The standard InChI is InChI=1S/C14H14BrNO3/c1-8-4-13(14(17)18)9(2)16(8)11-5-10(15)6-12(7-11)19-3/h4-7H,1-3H3,(H,17,18). The first-order chi connectivity index (χ1) is 8.93. The van der Waals surface area contributed by atoms with E-state index < -0.39 is 5.97 Å².